The largest absolute Gasteiger partial charge is 0.496 e. The molecule has 1 heterocycles. The van der Waals surface area contributed by atoms with Crippen LogP contribution >= 0.6 is 11.6 Å². The Balaban J connectivity index is 2.58. The number of benzene rings is 1. The van der Waals surface area contributed by atoms with Crippen molar-refractivity contribution in [3.8, 4) is 5.75 Å². The third-order valence-electron chi connectivity index (χ3n) is 2.95. The molecule has 0 saturated heterocycles. The third-order valence-corrected chi connectivity index (χ3v) is 3.19. The Morgan fingerprint density at radius 3 is 2.68 bits per heavy atom. The van der Waals surface area contributed by atoms with Gasteiger partial charge < -0.3 is 9.84 Å². The van der Waals surface area contributed by atoms with Crippen LogP contribution in [0.15, 0.2) is 36.7 Å². The fourth-order valence-corrected chi connectivity index (χ4v) is 2.07. The fraction of sp³-hybridized carbons (Fsp3) is 0.214. The van der Waals surface area contributed by atoms with E-state index in [9.17, 15) is 9.50 Å². The number of ether oxygens (including phenoxy) is 1. The lowest BCUT2D eigenvalue weighted by Gasteiger charge is -2.26. The normalized spacial score (nSPS) is 13.9. The van der Waals surface area contributed by atoms with Gasteiger partial charge in [-0.05, 0) is 31.2 Å². The van der Waals surface area contributed by atoms with Crippen LogP contribution in [0.2, 0.25) is 5.02 Å². The first-order valence-electron chi connectivity index (χ1n) is 5.62. The van der Waals surface area contributed by atoms with Gasteiger partial charge in [0.1, 0.15) is 17.2 Å². The van der Waals surface area contributed by atoms with E-state index in [1.54, 1.807) is 18.2 Å². The highest BCUT2D eigenvalue weighted by Crippen LogP contribution is 2.36. The number of halogens is 2. The molecule has 0 amide bonds. The molecule has 100 valence electrons. The van der Waals surface area contributed by atoms with Gasteiger partial charge in [-0.15, -0.1) is 0 Å². The third kappa shape index (κ3) is 2.69. The first kappa shape index (κ1) is 13.8. The quantitative estimate of drug-likeness (QED) is 0.940. The maximum atomic E-state index is 13.2. The predicted octanol–water partition coefficient (Wildman–Crippen LogP) is 3.14. The van der Waals surface area contributed by atoms with Crippen molar-refractivity contribution < 1.29 is 14.2 Å². The van der Waals surface area contributed by atoms with Crippen LogP contribution < -0.4 is 4.74 Å². The SMILES string of the molecule is COc1ccc(Cl)cc1C(C)(O)c1cncc(F)c1. The van der Waals surface area contributed by atoms with Gasteiger partial charge in [0.05, 0.1) is 13.3 Å². The van der Waals surface area contributed by atoms with Gasteiger partial charge in [-0.3, -0.25) is 4.98 Å². The first-order valence-corrected chi connectivity index (χ1v) is 6.00. The second-order valence-corrected chi connectivity index (χ2v) is 4.75. The molecule has 1 N–H and O–H groups in total. The molecule has 3 nitrogen and oxygen atoms in total. The van der Waals surface area contributed by atoms with Gasteiger partial charge in [0.15, 0.2) is 0 Å². The molecule has 2 rings (SSSR count). The number of hydrogen-bond acceptors (Lipinski definition) is 3. The summed E-state index contributed by atoms with van der Waals surface area (Å²) in [5.74, 6) is -0.0440. The molecule has 0 radical (unpaired) electrons. The molecule has 5 heteroatoms. The summed E-state index contributed by atoms with van der Waals surface area (Å²) in [5, 5.41) is 11.1. The number of aliphatic hydroxyl groups is 1. The zero-order chi connectivity index (χ0) is 14.0. The summed E-state index contributed by atoms with van der Waals surface area (Å²) in [6.07, 6.45) is 2.48. The monoisotopic (exact) mass is 281 g/mol. The zero-order valence-electron chi connectivity index (χ0n) is 10.5. The average Bonchev–Trinajstić information content (AvgIpc) is 2.38. The van der Waals surface area contributed by atoms with Crippen LogP contribution in [0.5, 0.6) is 5.75 Å². The van der Waals surface area contributed by atoms with Gasteiger partial charge in [0.25, 0.3) is 0 Å². The van der Waals surface area contributed by atoms with E-state index in [0.717, 1.165) is 6.20 Å². The molecule has 1 unspecified atom stereocenters. The van der Waals surface area contributed by atoms with Crippen LogP contribution in [0, 0.1) is 5.82 Å². The molecule has 19 heavy (non-hydrogen) atoms. The van der Waals surface area contributed by atoms with Gasteiger partial charge in [-0.1, -0.05) is 11.6 Å². The molecule has 0 bridgehead atoms. The predicted molar refractivity (Wildman–Crippen MR) is 70.9 cm³/mol. The lowest BCUT2D eigenvalue weighted by molar-refractivity contribution is 0.0981. The molecule has 0 aliphatic heterocycles. The summed E-state index contributed by atoms with van der Waals surface area (Å²) in [4.78, 5) is 3.75. The Bertz CT molecular complexity index is 602. The van der Waals surface area contributed by atoms with Crippen molar-refractivity contribution >= 4 is 11.6 Å². The summed E-state index contributed by atoms with van der Waals surface area (Å²) < 4.78 is 18.4. The minimum atomic E-state index is -1.45. The van der Waals surface area contributed by atoms with Crippen molar-refractivity contribution in [2.45, 2.75) is 12.5 Å². The van der Waals surface area contributed by atoms with Crippen LogP contribution in [0.1, 0.15) is 18.1 Å². The first-order chi connectivity index (χ1) is 8.95. The van der Waals surface area contributed by atoms with Crippen LogP contribution in [0.25, 0.3) is 0 Å². The number of rotatable bonds is 3. The Morgan fingerprint density at radius 2 is 2.05 bits per heavy atom. The summed E-state index contributed by atoms with van der Waals surface area (Å²) in [6, 6.07) is 6.13. The van der Waals surface area contributed by atoms with Crippen LogP contribution in [0.3, 0.4) is 0 Å². The number of methoxy groups -OCH3 is 1. The molecule has 1 aromatic heterocycles. The average molecular weight is 282 g/mol. The summed E-state index contributed by atoms with van der Waals surface area (Å²) in [5.41, 5.74) is -0.673. The van der Waals surface area contributed by atoms with Gasteiger partial charge in [0, 0.05) is 22.3 Å². The summed E-state index contributed by atoms with van der Waals surface area (Å²) in [6.45, 7) is 1.54. The van der Waals surface area contributed by atoms with E-state index in [1.807, 2.05) is 0 Å². The number of hydrogen-bond donors (Lipinski definition) is 1. The number of aromatic nitrogens is 1. The Morgan fingerprint density at radius 1 is 1.32 bits per heavy atom. The maximum Gasteiger partial charge on any atom is 0.141 e. The highest BCUT2D eigenvalue weighted by atomic mass is 35.5. The van der Waals surface area contributed by atoms with E-state index in [4.69, 9.17) is 16.3 Å². The Hall–Kier alpha value is -1.65. The Labute approximate surface area is 115 Å². The summed E-state index contributed by atoms with van der Waals surface area (Å²) >= 11 is 5.94. The van der Waals surface area contributed by atoms with E-state index in [1.165, 1.54) is 26.3 Å². The molecule has 0 fully saturated rings. The number of nitrogens with zero attached hydrogens (tertiary/aromatic N) is 1. The van der Waals surface area contributed by atoms with E-state index < -0.39 is 11.4 Å². The second-order valence-electron chi connectivity index (χ2n) is 4.31. The molecule has 0 spiro atoms. The molecule has 1 aromatic carbocycles. The highest BCUT2D eigenvalue weighted by Gasteiger charge is 2.30. The van der Waals surface area contributed by atoms with E-state index in [-0.39, 0.29) is 0 Å². The fourth-order valence-electron chi connectivity index (χ4n) is 1.89. The molecule has 0 aliphatic carbocycles. The topological polar surface area (TPSA) is 42.4 Å². The van der Waals surface area contributed by atoms with E-state index >= 15 is 0 Å². The van der Waals surface area contributed by atoms with E-state index in [2.05, 4.69) is 4.98 Å². The van der Waals surface area contributed by atoms with Crippen LogP contribution in [0.4, 0.5) is 4.39 Å². The van der Waals surface area contributed by atoms with Crippen LogP contribution in [-0.2, 0) is 5.60 Å². The van der Waals surface area contributed by atoms with Crippen LogP contribution in [-0.4, -0.2) is 17.2 Å². The second kappa shape index (κ2) is 5.15. The van der Waals surface area contributed by atoms with E-state index in [0.29, 0.717) is 21.9 Å². The minimum absolute atomic E-state index is 0.327. The smallest absolute Gasteiger partial charge is 0.141 e. The van der Waals surface area contributed by atoms with Gasteiger partial charge in [-0.2, -0.15) is 0 Å². The standard InChI is InChI=1S/C14H13ClFNO2/c1-14(18,9-5-11(16)8-17-7-9)12-6-10(15)3-4-13(12)19-2/h3-8,18H,1-2H3. The van der Waals surface area contributed by atoms with Gasteiger partial charge in [-0.25, -0.2) is 4.39 Å². The van der Waals surface area contributed by atoms with Crippen molar-refractivity contribution in [2.24, 2.45) is 0 Å². The molecular weight excluding hydrogens is 269 g/mol. The zero-order valence-corrected chi connectivity index (χ0v) is 11.3. The molecule has 1 atom stereocenters. The summed E-state index contributed by atoms with van der Waals surface area (Å²) in [7, 11) is 1.49. The van der Waals surface area contributed by atoms with Crippen molar-refractivity contribution in [1.82, 2.24) is 4.98 Å². The maximum absolute atomic E-state index is 13.2. The number of pyridine rings is 1. The van der Waals surface area contributed by atoms with Gasteiger partial charge in [0.2, 0.25) is 0 Å². The lowest BCUT2D eigenvalue weighted by atomic mass is 9.88. The van der Waals surface area contributed by atoms with Crippen molar-refractivity contribution in [2.75, 3.05) is 7.11 Å². The van der Waals surface area contributed by atoms with Crippen molar-refractivity contribution in [3.63, 3.8) is 0 Å². The molecular formula is C14H13ClFNO2. The Kier molecular flexibility index (Phi) is 3.73. The highest BCUT2D eigenvalue weighted by molar-refractivity contribution is 6.30. The van der Waals surface area contributed by atoms with Crippen molar-refractivity contribution in [1.29, 1.82) is 0 Å². The lowest BCUT2D eigenvalue weighted by Crippen LogP contribution is -2.24. The molecule has 0 aliphatic rings. The van der Waals surface area contributed by atoms with Gasteiger partial charge >= 0.3 is 0 Å². The molecule has 2 aromatic rings. The molecule has 0 saturated carbocycles. The van der Waals surface area contributed by atoms with Crippen molar-refractivity contribution in [3.05, 3.63) is 58.6 Å². The minimum Gasteiger partial charge on any atom is -0.496 e.